The van der Waals surface area contributed by atoms with Gasteiger partial charge in [-0.2, -0.15) is 0 Å². The number of nitrogens with one attached hydrogen (secondary N) is 2. The first kappa shape index (κ1) is 14.1. The molecule has 0 unspecified atom stereocenters. The maximum Gasteiger partial charge on any atom is 0.158 e. The van der Waals surface area contributed by atoms with E-state index >= 15 is 0 Å². The number of nitrogens with zero attached hydrogens (tertiary/aromatic N) is 2. The van der Waals surface area contributed by atoms with Crippen molar-refractivity contribution < 1.29 is 4.74 Å². The molecule has 0 spiro atoms. The lowest BCUT2D eigenvalue weighted by molar-refractivity contribution is 0.128. The molecule has 5 heteroatoms. The molecular formula is C14H24N4O. The van der Waals surface area contributed by atoms with Gasteiger partial charge in [0, 0.05) is 26.3 Å². The van der Waals surface area contributed by atoms with Crippen LogP contribution in [0.15, 0.2) is 6.07 Å². The zero-order valence-electron chi connectivity index (χ0n) is 11.9. The SMILES string of the molecule is CCOCc1nc(NC)cc(NCCCC2CC2)n1. The van der Waals surface area contributed by atoms with Crippen molar-refractivity contribution in [2.75, 3.05) is 30.8 Å². The second-order valence-corrected chi connectivity index (χ2v) is 4.95. The van der Waals surface area contributed by atoms with Crippen LogP contribution in [0.3, 0.4) is 0 Å². The van der Waals surface area contributed by atoms with Crippen LogP contribution in [0.25, 0.3) is 0 Å². The molecule has 1 saturated carbocycles. The van der Waals surface area contributed by atoms with E-state index in [-0.39, 0.29) is 0 Å². The number of aromatic nitrogens is 2. The van der Waals surface area contributed by atoms with Gasteiger partial charge in [-0.25, -0.2) is 9.97 Å². The van der Waals surface area contributed by atoms with Gasteiger partial charge in [0.05, 0.1) is 0 Å². The monoisotopic (exact) mass is 264 g/mol. The number of ether oxygens (including phenoxy) is 1. The zero-order valence-corrected chi connectivity index (χ0v) is 11.9. The Bertz CT molecular complexity index is 393. The highest BCUT2D eigenvalue weighted by Gasteiger charge is 2.19. The lowest BCUT2D eigenvalue weighted by Gasteiger charge is -2.09. The summed E-state index contributed by atoms with van der Waals surface area (Å²) in [5.74, 6) is 3.42. The lowest BCUT2D eigenvalue weighted by Crippen LogP contribution is -2.09. The Morgan fingerprint density at radius 1 is 1.32 bits per heavy atom. The first-order chi connectivity index (χ1) is 9.31. The van der Waals surface area contributed by atoms with Crippen molar-refractivity contribution in [2.45, 2.75) is 39.2 Å². The van der Waals surface area contributed by atoms with Gasteiger partial charge in [0.25, 0.3) is 0 Å². The second-order valence-electron chi connectivity index (χ2n) is 4.95. The van der Waals surface area contributed by atoms with E-state index in [1.54, 1.807) is 0 Å². The molecule has 0 amide bonds. The fourth-order valence-electron chi connectivity index (χ4n) is 1.99. The summed E-state index contributed by atoms with van der Waals surface area (Å²) in [6.45, 7) is 4.09. The van der Waals surface area contributed by atoms with Gasteiger partial charge in [0.2, 0.25) is 0 Å². The first-order valence-corrected chi connectivity index (χ1v) is 7.19. The first-order valence-electron chi connectivity index (χ1n) is 7.19. The highest BCUT2D eigenvalue weighted by Crippen LogP contribution is 2.33. The Balaban J connectivity index is 1.85. The fourth-order valence-corrected chi connectivity index (χ4v) is 1.99. The molecule has 2 N–H and O–H groups in total. The molecule has 0 aliphatic heterocycles. The van der Waals surface area contributed by atoms with Gasteiger partial charge < -0.3 is 15.4 Å². The van der Waals surface area contributed by atoms with Crippen molar-refractivity contribution in [1.82, 2.24) is 9.97 Å². The summed E-state index contributed by atoms with van der Waals surface area (Å²) in [5.41, 5.74) is 0. The Hall–Kier alpha value is -1.36. The van der Waals surface area contributed by atoms with Gasteiger partial charge in [-0.05, 0) is 25.7 Å². The van der Waals surface area contributed by atoms with Crippen molar-refractivity contribution in [2.24, 2.45) is 5.92 Å². The second kappa shape index (κ2) is 7.28. The Morgan fingerprint density at radius 2 is 2.11 bits per heavy atom. The van der Waals surface area contributed by atoms with Crippen molar-refractivity contribution in [3.8, 4) is 0 Å². The average molecular weight is 264 g/mol. The molecule has 1 aromatic rings. The highest BCUT2D eigenvalue weighted by atomic mass is 16.5. The van der Waals surface area contributed by atoms with Gasteiger partial charge in [0.1, 0.15) is 18.2 Å². The van der Waals surface area contributed by atoms with E-state index in [4.69, 9.17) is 4.74 Å². The Labute approximate surface area is 115 Å². The summed E-state index contributed by atoms with van der Waals surface area (Å²) in [4.78, 5) is 8.83. The van der Waals surface area contributed by atoms with Crippen LogP contribution in [0, 0.1) is 5.92 Å². The van der Waals surface area contributed by atoms with Crippen molar-refractivity contribution in [3.05, 3.63) is 11.9 Å². The predicted octanol–water partition coefficient (Wildman–Crippen LogP) is 2.66. The van der Waals surface area contributed by atoms with Gasteiger partial charge in [-0.1, -0.05) is 12.8 Å². The summed E-state index contributed by atoms with van der Waals surface area (Å²) < 4.78 is 5.36. The maximum absolute atomic E-state index is 5.36. The molecule has 2 rings (SSSR count). The van der Waals surface area contributed by atoms with Crippen molar-refractivity contribution in [1.29, 1.82) is 0 Å². The van der Waals surface area contributed by atoms with Crippen LogP contribution in [0.4, 0.5) is 11.6 Å². The smallest absolute Gasteiger partial charge is 0.158 e. The summed E-state index contributed by atoms with van der Waals surface area (Å²) >= 11 is 0. The number of rotatable bonds is 9. The van der Waals surface area contributed by atoms with Crippen molar-refractivity contribution >= 4 is 11.6 Å². The molecule has 1 aliphatic rings. The standard InChI is InChI=1S/C14H24N4O/c1-3-19-10-14-17-12(15-2)9-13(18-14)16-8-4-5-11-6-7-11/h9,11H,3-8,10H2,1-2H3,(H2,15,16,17,18). The van der Waals surface area contributed by atoms with Crippen molar-refractivity contribution in [3.63, 3.8) is 0 Å². The number of hydrogen-bond acceptors (Lipinski definition) is 5. The van der Waals surface area contributed by atoms with Crippen LogP contribution < -0.4 is 10.6 Å². The third kappa shape index (κ3) is 5.03. The molecule has 0 bridgehead atoms. The van der Waals surface area contributed by atoms with Gasteiger partial charge in [-0.15, -0.1) is 0 Å². The summed E-state index contributed by atoms with van der Waals surface area (Å²) in [6.07, 6.45) is 5.40. The van der Waals surface area contributed by atoms with E-state index < -0.39 is 0 Å². The Morgan fingerprint density at radius 3 is 2.79 bits per heavy atom. The minimum Gasteiger partial charge on any atom is -0.374 e. The normalized spacial score (nSPS) is 14.4. The predicted molar refractivity (Wildman–Crippen MR) is 77.4 cm³/mol. The number of hydrogen-bond donors (Lipinski definition) is 2. The average Bonchev–Trinajstić information content (AvgIpc) is 3.25. The third-order valence-electron chi connectivity index (χ3n) is 3.26. The zero-order chi connectivity index (χ0) is 13.5. The molecular weight excluding hydrogens is 240 g/mol. The summed E-state index contributed by atoms with van der Waals surface area (Å²) in [5, 5.41) is 6.43. The van der Waals surface area contributed by atoms with E-state index in [0.29, 0.717) is 13.2 Å². The molecule has 0 saturated heterocycles. The van der Waals surface area contributed by atoms with Gasteiger partial charge >= 0.3 is 0 Å². The lowest BCUT2D eigenvalue weighted by atomic mass is 10.2. The molecule has 1 heterocycles. The topological polar surface area (TPSA) is 59.1 Å². The van der Waals surface area contributed by atoms with Crippen LogP contribution in [-0.2, 0) is 11.3 Å². The summed E-state index contributed by atoms with van der Waals surface area (Å²) in [7, 11) is 1.86. The van der Waals surface area contributed by atoms with Crippen LogP contribution in [0.5, 0.6) is 0 Å². The quantitative estimate of drug-likeness (QED) is 0.671. The fraction of sp³-hybridized carbons (Fsp3) is 0.714. The minimum atomic E-state index is 0.461. The minimum absolute atomic E-state index is 0.461. The molecule has 5 nitrogen and oxygen atoms in total. The largest absolute Gasteiger partial charge is 0.374 e. The van der Waals surface area contributed by atoms with Crippen LogP contribution in [0.2, 0.25) is 0 Å². The number of anilines is 2. The van der Waals surface area contributed by atoms with Crippen LogP contribution in [-0.4, -0.2) is 30.2 Å². The van der Waals surface area contributed by atoms with Gasteiger partial charge in [0.15, 0.2) is 5.82 Å². The van der Waals surface area contributed by atoms with E-state index in [2.05, 4.69) is 20.6 Å². The maximum atomic E-state index is 5.36. The van der Waals surface area contributed by atoms with E-state index in [1.165, 1.54) is 25.7 Å². The third-order valence-corrected chi connectivity index (χ3v) is 3.26. The molecule has 1 aromatic heterocycles. The molecule has 106 valence electrons. The van der Waals surface area contributed by atoms with E-state index in [9.17, 15) is 0 Å². The molecule has 0 atom stereocenters. The van der Waals surface area contributed by atoms with E-state index in [1.807, 2.05) is 20.0 Å². The summed E-state index contributed by atoms with van der Waals surface area (Å²) in [6, 6.07) is 1.94. The van der Waals surface area contributed by atoms with Gasteiger partial charge in [-0.3, -0.25) is 0 Å². The molecule has 19 heavy (non-hydrogen) atoms. The molecule has 1 aliphatic carbocycles. The van der Waals surface area contributed by atoms with Crippen LogP contribution in [0.1, 0.15) is 38.4 Å². The molecule has 1 fully saturated rings. The molecule has 0 radical (unpaired) electrons. The highest BCUT2D eigenvalue weighted by molar-refractivity contribution is 5.47. The van der Waals surface area contributed by atoms with E-state index in [0.717, 1.165) is 29.9 Å². The van der Waals surface area contributed by atoms with Crippen LogP contribution >= 0.6 is 0 Å². The molecule has 0 aromatic carbocycles. The Kier molecular flexibility index (Phi) is 5.39.